The van der Waals surface area contributed by atoms with Crippen molar-refractivity contribution in [2.75, 3.05) is 24.9 Å². The second-order valence-corrected chi connectivity index (χ2v) is 11.9. The molecule has 0 atom stereocenters. The van der Waals surface area contributed by atoms with Crippen LogP contribution in [0.25, 0.3) is 12.2 Å². The van der Waals surface area contributed by atoms with Crippen LogP contribution in [0, 0.1) is 0 Å². The average molecular weight is 639 g/mol. The lowest BCUT2D eigenvalue weighted by Crippen LogP contribution is -2.13. The van der Waals surface area contributed by atoms with E-state index < -0.39 is 41.8 Å². The Labute approximate surface area is 253 Å². The predicted octanol–water partition coefficient (Wildman–Crippen LogP) is 4.87. The van der Waals surface area contributed by atoms with E-state index in [0.717, 1.165) is 12.1 Å². The summed E-state index contributed by atoms with van der Waals surface area (Å²) in [6.45, 7) is 0. The van der Waals surface area contributed by atoms with E-state index in [4.69, 9.17) is 9.47 Å². The van der Waals surface area contributed by atoms with Gasteiger partial charge in [-0.3, -0.25) is 18.7 Å². The summed E-state index contributed by atoms with van der Waals surface area (Å²) in [4.78, 5) is 24.1. The summed E-state index contributed by atoms with van der Waals surface area (Å²) >= 11 is 0. The van der Waals surface area contributed by atoms with Crippen LogP contribution in [0.3, 0.4) is 0 Å². The normalized spacial score (nSPS) is 11.6. The van der Waals surface area contributed by atoms with Gasteiger partial charge in [0.05, 0.1) is 14.2 Å². The molecule has 0 aliphatic carbocycles. The highest BCUT2D eigenvalue weighted by Crippen LogP contribution is 2.27. The van der Waals surface area contributed by atoms with Gasteiger partial charge in [-0.05, 0) is 83.9 Å². The molecule has 4 rings (SSSR count). The molecule has 4 N–H and O–H groups in total. The van der Waals surface area contributed by atoms with E-state index in [9.17, 15) is 35.5 Å². The number of nitrogens with one attached hydrogen (secondary N) is 2. The molecule has 0 aromatic heterocycles. The lowest BCUT2D eigenvalue weighted by Gasteiger charge is -2.11. The van der Waals surface area contributed by atoms with E-state index in [-0.39, 0.29) is 33.6 Å². The number of hydrogen-bond acceptors (Lipinski definition) is 8. The van der Waals surface area contributed by atoms with Gasteiger partial charge in [0.2, 0.25) is 0 Å². The van der Waals surface area contributed by atoms with Gasteiger partial charge in [-0.25, -0.2) is 0 Å². The number of amides is 2. The maximum absolute atomic E-state index is 12.6. The fourth-order valence-electron chi connectivity index (χ4n) is 4.02. The zero-order valence-corrected chi connectivity index (χ0v) is 24.8. The molecule has 2 amide bonds. The van der Waals surface area contributed by atoms with Gasteiger partial charge in [0, 0.05) is 22.5 Å². The Morgan fingerprint density at radius 2 is 0.932 bits per heavy atom. The van der Waals surface area contributed by atoms with Gasteiger partial charge in [-0.1, -0.05) is 24.3 Å². The monoisotopic (exact) mass is 638 g/mol. The first kappa shape index (κ1) is 31.9. The Balaban J connectivity index is 1.61. The van der Waals surface area contributed by atoms with E-state index in [1.807, 2.05) is 0 Å². The van der Waals surface area contributed by atoms with Crippen molar-refractivity contribution in [3.05, 3.63) is 107 Å². The number of methoxy groups -OCH3 is 2. The van der Waals surface area contributed by atoms with Gasteiger partial charge < -0.3 is 20.1 Å². The van der Waals surface area contributed by atoms with Crippen molar-refractivity contribution in [1.29, 1.82) is 0 Å². The van der Waals surface area contributed by atoms with E-state index in [2.05, 4.69) is 10.6 Å². The third-order valence-electron chi connectivity index (χ3n) is 6.25. The quantitative estimate of drug-likeness (QED) is 0.138. The smallest absolute Gasteiger partial charge is 0.295 e. The molecule has 0 bridgehead atoms. The predicted molar refractivity (Wildman–Crippen MR) is 163 cm³/mol. The topological polar surface area (TPSA) is 185 Å². The maximum atomic E-state index is 12.6. The van der Waals surface area contributed by atoms with Crippen molar-refractivity contribution >= 4 is 55.6 Å². The highest BCUT2D eigenvalue weighted by Gasteiger charge is 2.19. The summed E-state index contributed by atoms with van der Waals surface area (Å²) in [5.41, 5.74) is 0.563. The molecule has 0 aliphatic heterocycles. The highest BCUT2D eigenvalue weighted by atomic mass is 32.2. The molecule has 0 heterocycles. The summed E-state index contributed by atoms with van der Waals surface area (Å²) in [6.07, 6.45) is 2.41. The molecule has 0 saturated carbocycles. The van der Waals surface area contributed by atoms with Crippen LogP contribution >= 0.6 is 0 Å². The molecule has 0 aliphatic rings. The van der Waals surface area contributed by atoms with Crippen molar-refractivity contribution in [2.45, 2.75) is 9.79 Å². The van der Waals surface area contributed by atoms with Crippen LogP contribution in [0.4, 0.5) is 11.4 Å². The number of carbonyl (C=O) groups excluding carboxylic acids is 2. The summed E-state index contributed by atoms with van der Waals surface area (Å²) in [5.74, 6) is -0.0173. The third kappa shape index (κ3) is 7.87. The van der Waals surface area contributed by atoms with Crippen LogP contribution in [0.5, 0.6) is 11.5 Å². The largest absolute Gasteiger partial charge is 0.497 e. The molecule has 0 unspecified atom stereocenters. The Kier molecular flexibility index (Phi) is 9.50. The molecule has 228 valence electrons. The third-order valence-corrected chi connectivity index (χ3v) is 8.06. The minimum absolute atomic E-state index is 0.0480. The van der Waals surface area contributed by atoms with E-state index in [0.29, 0.717) is 11.5 Å². The van der Waals surface area contributed by atoms with Crippen molar-refractivity contribution in [3.63, 3.8) is 0 Å². The highest BCUT2D eigenvalue weighted by molar-refractivity contribution is 7.86. The summed E-state index contributed by atoms with van der Waals surface area (Å²) in [5, 5.41) is 5.09. The summed E-state index contributed by atoms with van der Waals surface area (Å²) in [7, 11) is -6.65. The lowest BCUT2D eigenvalue weighted by molar-refractivity contribution is 0.101. The molecular weight excluding hydrogens is 612 g/mol. The molecular formula is C30H26N2O10S2. The Bertz CT molecular complexity index is 1810. The van der Waals surface area contributed by atoms with Crippen molar-refractivity contribution < 1.29 is 45.0 Å². The second kappa shape index (κ2) is 13.1. The number of anilines is 2. The molecule has 0 fully saturated rings. The number of carbonyl (C=O) groups is 2. The van der Waals surface area contributed by atoms with Gasteiger partial charge >= 0.3 is 0 Å². The van der Waals surface area contributed by atoms with Crippen LogP contribution in [0.2, 0.25) is 0 Å². The first-order chi connectivity index (χ1) is 20.8. The molecule has 4 aromatic carbocycles. The van der Waals surface area contributed by atoms with E-state index >= 15 is 0 Å². The number of hydrogen-bond donors (Lipinski definition) is 4. The average Bonchev–Trinajstić information content (AvgIpc) is 2.99. The molecule has 0 radical (unpaired) electrons. The van der Waals surface area contributed by atoms with Crippen molar-refractivity contribution in [2.24, 2.45) is 0 Å². The molecule has 14 heteroatoms. The minimum Gasteiger partial charge on any atom is -0.497 e. The van der Waals surface area contributed by atoms with Crippen LogP contribution in [-0.2, 0) is 20.2 Å². The number of rotatable bonds is 10. The Morgan fingerprint density at radius 1 is 0.591 bits per heavy atom. The van der Waals surface area contributed by atoms with Gasteiger partial charge in [0.25, 0.3) is 32.1 Å². The molecule has 0 saturated heterocycles. The maximum Gasteiger partial charge on any atom is 0.295 e. The van der Waals surface area contributed by atoms with Crippen molar-refractivity contribution in [3.8, 4) is 11.5 Å². The van der Waals surface area contributed by atoms with E-state index in [1.165, 1.54) is 74.9 Å². The molecule has 0 spiro atoms. The van der Waals surface area contributed by atoms with Crippen LogP contribution < -0.4 is 20.1 Å². The Hall–Kier alpha value is -5.02. The molecule has 12 nitrogen and oxygen atoms in total. The second-order valence-electron chi connectivity index (χ2n) is 9.15. The summed E-state index contributed by atoms with van der Waals surface area (Å²) in [6, 6.07) is 19.8. The van der Waals surface area contributed by atoms with E-state index in [1.54, 1.807) is 24.3 Å². The van der Waals surface area contributed by atoms with Crippen LogP contribution in [-0.4, -0.2) is 52.0 Å². The van der Waals surface area contributed by atoms with Gasteiger partial charge in [0.15, 0.2) is 0 Å². The zero-order valence-electron chi connectivity index (χ0n) is 23.2. The van der Waals surface area contributed by atoms with Crippen LogP contribution in [0.1, 0.15) is 31.8 Å². The fraction of sp³-hybridized carbons (Fsp3) is 0.0667. The lowest BCUT2D eigenvalue weighted by atomic mass is 10.1. The van der Waals surface area contributed by atoms with Gasteiger partial charge in [0.1, 0.15) is 21.3 Å². The molecule has 44 heavy (non-hydrogen) atoms. The standard InChI is InChI=1S/C30H26N2O10S2/c1-41-25-13-7-21(8-14-25)29(33)31-23-11-5-19(27(17-23)43(35,36)37)3-4-20-6-12-24(18-28(20)44(38,39)40)32-30(34)22-9-15-26(42-2)16-10-22/h3-18H,1-2H3,(H,31,33)(H,32,34)(H,35,36,37)(H,38,39,40). The molecule has 4 aromatic rings. The SMILES string of the molecule is COc1ccc(C(=O)Nc2ccc(C=Cc3ccc(NC(=O)c4ccc(OC)cc4)cc3S(=O)(=O)O)c(S(=O)(=O)O)c2)cc1. The number of benzene rings is 4. The zero-order chi connectivity index (χ0) is 32.1. The first-order valence-electron chi connectivity index (χ1n) is 12.6. The Morgan fingerprint density at radius 3 is 1.23 bits per heavy atom. The first-order valence-corrected chi connectivity index (χ1v) is 15.5. The van der Waals surface area contributed by atoms with Crippen LogP contribution in [0.15, 0.2) is 94.7 Å². The summed E-state index contributed by atoms with van der Waals surface area (Å²) < 4.78 is 78.6. The van der Waals surface area contributed by atoms with Gasteiger partial charge in [-0.15, -0.1) is 0 Å². The number of ether oxygens (including phenoxy) is 2. The van der Waals surface area contributed by atoms with Gasteiger partial charge in [-0.2, -0.15) is 16.8 Å². The fourth-order valence-corrected chi connectivity index (χ4v) is 5.44. The van der Waals surface area contributed by atoms with Crippen molar-refractivity contribution in [1.82, 2.24) is 0 Å². The minimum atomic E-state index is -4.80.